The highest BCUT2D eigenvalue weighted by Crippen LogP contribution is 2.24. The van der Waals surface area contributed by atoms with Gasteiger partial charge in [-0.1, -0.05) is 11.6 Å². The highest BCUT2D eigenvalue weighted by atomic mass is 35.5. The van der Waals surface area contributed by atoms with Gasteiger partial charge in [-0.05, 0) is 49.4 Å². The summed E-state index contributed by atoms with van der Waals surface area (Å²) in [7, 11) is 1.44. The van der Waals surface area contributed by atoms with Crippen LogP contribution in [0.3, 0.4) is 0 Å². The Kier molecular flexibility index (Phi) is 5.24. The van der Waals surface area contributed by atoms with E-state index in [2.05, 4.69) is 0 Å². The van der Waals surface area contributed by atoms with Gasteiger partial charge in [0.25, 0.3) is 0 Å². The summed E-state index contributed by atoms with van der Waals surface area (Å²) in [5.74, 6) is -1.03. The molecule has 1 N–H and O–H groups in total. The van der Waals surface area contributed by atoms with E-state index in [-0.39, 0.29) is 17.1 Å². The van der Waals surface area contributed by atoms with E-state index in [1.807, 2.05) is 0 Å². The van der Waals surface area contributed by atoms with E-state index in [1.165, 1.54) is 32.2 Å². The van der Waals surface area contributed by atoms with Gasteiger partial charge in [0.15, 0.2) is 6.10 Å². The molecule has 0 spiro atoms. The van der Waals surface area contributed by atoms with E-state index < -0.39 is 12.1 Å². The van der Waals surface area contributed by atoms with Crippen molar-refractivity contribution in [1.29, 1.82) is 0 Å². The van der Waals surface area contributed by atoms with Crippen LogP contribution in [0.4, 0.5) is 0 Å². The van der Waals surface area contributed by atoms with Gasteiger partial charge in [-0.3, -0.25) is 4.79 Å². The van der Waals surface area contributed by atoms with Crippen LogP contribution in [0.15, 0.2) is 42.5 Å². The number of ketones is 1. The van der Waals surface area contributed by atoms with Crippen LogP contribution in [0.25, 0.3) is 0 Å². The zero-order valence-electron chi connectivity index (χ0n) is 12.6. The van der Waals surface area contributed by atoms with E-state index in [1.54, 1.807) is 24.3 Å². The van der Waals surface area contributed by atoms with Gasteiger partial charge < -0.3 is 14.6 Å². The second-order valence-electron chi connectivity index (χ2n) is 4.80. The Balaban J connectivity index is 2.13. The van der Waals surface area contributed by atoms with Crippen molar-refractivity contribution in [2.75, 3.05) is 7.11 Å². The van der Waals surface area contributed by atoms with Gasteiger partial charge >= 0.3 is 5.97 Å². The van der Waals surface area contributed by atoms with Crippen LogP contribution >= 0.6 is 11.6 Å². The number of hydrogen-bond acceptors (Lipinski definition) is 5. The molecule has 120 valence electrons. The molecule has 0 unspecified atom stereocenters. The Morgan fingerprint density at radius 3 is 2.39 bits per heavy atom. The summed E-state index contributed by atoms with van der Waals surface area (Å²) in [6.45, 7) is 1.46. The van der Waals surface area contributed by atoms with Crippen molar-refractivity contribution in [3.63, 3.8) is 0 Å². The van der Waals surface area contributed by atoms with E-state index in [0.29, 0.717) is 16.3 Å². The highest BCUT2D eigenvalue weighted by molar-refractivity contribution is 6.30. The summed E-state index contributed by atoms with van der Waals surface area (Å²) >= 11 is 5.77. The molecule has 0 fully saturated rings. The van der Waals surface area contributed by atoms with Gasteiger partial charge in [0.05, 0.1) is 7.11 Å². The third kappa shape index (κ3) is 4.02. The number of carbonyl (C=O) groups is 2. The number of esters is 1. The Bertz CT molecular complexity index is 724. The predicted molar refractivity (Wildman–Crippen MR) is 85.3 cm³/mol. The lowest BCUT2D eigenvalue weighted by atomic mass is 10.1. The van der Waals surface area contributed by atoms with Crippen molar-refractivity contribution in [2.24, 2.45) is 0 Å². The Morgan fingerprint density at radius 1 is 1.13 bits per heavy atom. The van der Waals surface area contributed by atoms with Crippen molar-refractivity contribution < 1.29 is 24.2 Å². The molecule has 2 aromatic rings. The van der Waals surface area contributed by atoms with Gasteiger partial charge in [-0.25, -0.2) is 4.79 Å². The predicted octanol–water partition coefficient (Wildman–Crippen LogP) is 3.48. The molecular formula is C17H15ClO5. The SMILES string of the molecule is COc1ccc(O)c(C(=O)O[C@@H](C)C(=O)c2ccc(Cl)cc2)c1. The van der Waals surface area contributed by atoms with Gasteiger partial charge in [0.1, 0.15) is 17.1 Å². The fourth-order valence-corrected chi connectivity index (χ4v) is 2.06. The Labute approximate surface area is 138 Å². The van der Waals surface area contributed by atoms with Gasteiger partial charge in [-0.2, -0.15) is 0 Å². The first kappa shape index (κ1) is 16.8. The first-order chi connectivity index (χ1) is 10.9. The van der Waals surface area contributed by atoms with Crippen LogP contribution in [0.1, 0.15) is 27.6 Å². The summed E-state index contributed by atoms with van der Waals surface area (Å²) in [5, 5.41) is 10.3. The van der Waals surface area contributed by atoms with Crippen LogP contribution < -0.4 is 4.74 Å². The van der Waals surface area contributed by atoms with Crippen molar-refractivity contribution in [3.05, 3.63) is 58.6 Å². The molecule has 1 atom stereocenters. The molecule has 23 heavy (non-hydrogen) atoms. The fraction of sp³-hybridized carbons (Fsp3) is 0.176. The smallest absolute Gasteiger partial charge is 0.342 e. The van der Waals surface area contributed by atoms with Gasteiger partial charge in [-0.15, -0.1) is 0 Å². The average Bonchev–Trinajstić information content (AvgIpc) is 2.55. The molecule has 0 aromatic heterocycles. The molecular weight excluding hydrogens is 320 g/mol. The molecule has 0 saturated heterocycles. The number of carbonyl (C=O) groups excluding carboxylic acids is 2. The molecule has 0 heterocycles. The highest BCUT2D eigenvalue weighted by Gasteiger charge is 2.22. The molecule has 2 aromatic carbocycles. The summed E-state index contributed by atoms with van der Waals surface area (Å²) < 4.78 is 10.1. The summed E-state index contributed by atoms with van der Waals surface area (Å²) in [4.78, 5) is 24.3. The van der Waals surface area contributed by atoms with Crippen molar-refractivity contribution >= 4 is 23.4 Å². The lowest BCUT2D eigenvalue weighted by molar-refractivity contribution is 0.0315. The number of hydrogen-bond donors (Lipinski definition) is 1. The monoisotopic (exact) mass is 334 g/mol. The molecule has 0 aliphatic heterocycles. The number of phenolic OH excluding ortho intramolecular Hbond substituents is 1. The van der Waals surface area contributed by atoms with Gasteiger partial charge in [0, 0.05) is 10.6 Å². The number of rotatable bonds is 5. The van der Waals surface area contributed by atoms with Gasteiger partial charge in [0.2, 0.25) is 5.78 Å². The fourth-order valence-electron chi connectivity index (χ4n) is 1.93. The second kappa shape index (κ2) is 7.15. The van der Waals surface area contributed by atoms with Crippen LogP contribution in [0.2, 0.25) is 5.02 Å². The summed E-state index contributed by atoms with van der Waals surface area (Å²) in [5.41, 5.74) is 0.310. The normalized spacial score (nSPS) is 11.6. The Hall–Kier alpha value is -2.53. The Morgan fingerprint density at radius 2 is 1.78 bits per heavy atom. The molecule has 5 nitrogen and oxygen atoms in total. The lowest BCUT2D eigenvalue weighted by Crippen LogP contribution is -2.24. The van der Waals surface area contributed by atoms with E-state index in [9.17, 15) is 14.7 Å². The quantitative estimate of drug-likeness (QED) is 0.669. The zero-order chi connectivity index (χ0) is 17.0. The molecule has 2 rings (SSSR count). The summed E-state index contributed by atoms with van der Waals surface area (Å²) in [6, 6.07) is 10.4. The number of benzene rings is 2. The minimum atomic E-state index is -1.01. The first-order valence-corrected chi connectivity index (χ1v) is 7.18. The van der Waals surface area contributed by atoms with Crippen molar-refractivity contribution in [2.45, 2.75) is 13.0 Å². The average molecular weight is 335 g/mol. The molecule has 6 heteroatoms. The minimum absolute atomic E-state index is 0.0693. The number of Topliss-reactive ketones (excluding diaryl/α,β-unsaturated/α-hetero) is 1. The maximum Gasteiger partial charge on any atom is 0.342 e. The lowest BCUT2D eigenvalue weighted by Gasteiger charge is -2.13. The van der Waals surface area contributed by atoms with Crippen LogP contribution in [0.5, 0.6) is 11.5 Å². The van der Waals surface area contributed by atoms with Crippen molar-refractivity contribution in [3.8, 4) is 11.5 Å². The third-order valence-corrected chi connectivity index (χ3v) is 3.46. The number of phenols is 1. The maximum absolute atomic E-state index is 12.2. The topological polar surface area (TPSA) is 72.8 Å². The van der Waals surface area contributed by atoms with Crippen LogP contribution in [0, 0.1) is 0 Å². The molecule has 0 bridgehead atoms. The number of methoxy groups -OCH3 is 1. The third-order valence-electron chi connectivity index (χ3n) is 3.21. The van der Waals surface area contributed by atoms with E-state index >= 15 is 0 Å². The molecule has 0 saturated carbocycles. The maximum atomic E-state index is 12.2. The molecule has 0 amide bonds. The number of ether oxygens (including phenoxy) is 2. The first-order valence-electron chi connectivity index (χ1n) is 6.80. The number of halogens is 1. The number of aromatic hydroxyl groups is 1. The minimum Gasteiger partial charge on any atom is -0.507 e. The molecule has 0 radical (unpaired) electrons. The molecule has 0 aliphatic carbocycles. The standard InChI is InChI=1S/C17H15ClO5/c1-10(16(20)11-3-5-12(18)6-4-11)23-17(21)14-9-13(22-2)7-8-15(14)19/h3-10,19H,1-2H3/t10-/m0/s1. The van der Waals surface area contributed by atoms with Crippen LogP contribution in [-0.2, 0) is 4.74 Å². The van der Waals surface area contributed by atoms with Crippen LogP contribution in [-0.4, -0.2) is 30.1 Å². The molecule has 0 aliphatic rings. The largest absolute Gasteiger partial charge is 0.507 e. The van der Waals surface area contributed by atoms with E-state index in [0.717, 1.165) is 0 Å². The second-order valence-corrected chi connectivity index (χ2v) is 5.24. The van der Waals surface area contributed by atoms with E-state index in [4.69, 9.17) is 21.1 Å². The summed E-state index contributed by atoms with van der Waals surface area (Å²) in [6.07, 6.45) is -1.01. The zero-order valence-corrected chi connectivity index (χ0v) is 13.3. The van der Waals surface area contributed by atoms with Crippen molar-refractivity contribution in [1.82, 2.24) is 0 Å².